The standard InChI is InChI=1S/C14H16BrClN2O3/c15-9-4-5-11(16)12(6-9)18-14(21)17-7-8-2-1-3-10(8)13(19)20/h4-6,8,10H,1-3,7H2,(H,19,20)(H2,17,18,21). The van der Waals surface area contributed by atoms with Gasteiger partial charge in [0, 0.05) is 11.0 Å². The summed E-state index contributed by atoms with van der Waals surface area (Å²) in [6.07, 6.45) is 2.40. The van der Waals surface area contributed by atoms with E-state index in [1.807, 2.05) is 0 Å². The number of aliphatic carboxylic acids is 1. The van der Waals surface area contributed by atoms with Gasteiger partial charge in [-0.3, -0.25) is 4.79 Å². The quantitative estimate of drug-likeness (QED) is 0.750. The molecule has 0 aliphatic heterocycles. The van der Waals surface area contributed by atoms with Crippen molar-refractivity contribution in [3.8, 4) is 0 Å². The molecule has 1 aromatic carbocycles. The Labute approximate surface area is 136 Å². The van der Waals surface area contributed by atoms with Crippen molar-refractivity contribution in [3.05, 3.63) is 27.7 Å². The second kappa shape index (κ2) is 7.13. The molecule has 1 aliphatic rings. The van der Waals surface area contributed by atoms with Crippen LogP contribution in [0.4, 0.5) is 10.5 Å². The van der Waals surface area contributed by atoms with Gasteiger partial charge in [0.25, 0.3) is 0 Å². The predicted molar refractivity (Wildman–Crippen MR) is 84.6 cm³/mol. The van der Waals surface area contributed by atoms with Crippen molar-refractivity contribution in [1.82, 2.24) is 5.32 Å². The van der Waals surface area contributed by atoms with Crippen molar-refractivity contribution in [1.29, 1.82) is 0 Å². The third-order valence-corrected chi connectivity index (χ3v) is 4.50. The number of urea groups is 1. The van der Waals surface area contributed by atoms with Crippen molar-refractivity contribution in [3.63, 3.8) is 0 Å². The number of carbonyl (C=O) groups excluding carboxylic acids is 1. The van der Waals surface area contributed by atoms with E-state index in [2.05, 4.69) is 26.6 Å². The molecule has 114 valence electrons. The topological polar surface area (TPSA) is 78.4 Å². The number of carboxylic acid groups (broad SMARTS) is 1. The van der Waals surface area contributed by atoms with Crippen LogP contribution in [-0.4, -0.2) is 23.7 Å². The fourth-order valence-corrected chi connectivity index (χ4v) is 3.12. The van der Waals surface area contributed by atoms with Gasteiger partial charge in [-0.2, -0.15) is 0 Å². The smallest absolute Gasteiger partial charge is 0.319 e. The van der Waals surface area contributed by atoms with E-state index in [1.54, 1.807) is 18.2 Å². The van der Waals surface area contributed by atoms with Gasteiger partial charge in [0.2, 0.25) is 0 Å². The van der Waals surface area contributed by atoms with Gasteiger partial charge in [-0.15, -0.1) is 0 Å². The number of carbonyl (C=O) groups is 2. The van der Waals surface area contributed by atoms with Gasteiger partial charge in [0.15, 0.2) is 0 Å². The molecule has 1 aliphatic carbocycles. The Morgan fingerprint density at radius 3 is 2.86 bits per heavy atom. The van der Waals surface area contributed by atoms with Crippen LogP contribution in [-0.2, 0) is 4.79 Å². The normalized spacial score (nSPS) is 21.0. The summed E-state index contributed by atoms with van der Waals surface area (Å²) in [5.74, 6) is -1.15. The Morgan fingerprint density at radius 1 is 1.38 bits per heavy atom. The molecule has 2 atom stereocenters. The average Bonchev–Trinajstić information content (AvgIpc) is 2.89. The molecular formula is C14H16BrClN2O3. The highest BCUT2D eigenvalue weighted by atomic mass is 79.9. The van der Waals surface area contributed by atoms with Gasteiger partial charge < -0.3 is 15.7 Å². The molecule has 1 saturated carbocycles. The van der Waals surface area contributed by atoms with Gasteiger partial charge in [0.1, 0.15) is 0 Å². The maximum atomic E-state index is 11.9. The summed E-state index contributed by atoms with van der Waals surface area (Å²) in [5, 5.41) is 14.9. The second-order valence-electron chi connectivity index (χ2n) is 5.09. The maximum Gasteiger partial charge on any atom is 0.319 e. The van der Waals surface area contributed by atoms with Gasteiger partial charge in [0.05, 0.1) is 16.6 Å². The Balaban J connectivity index is 1.87. The number of anilines is 1. The summed E-state index contributed by atoms with van der Waals surface area (Å²) in [6.45, 7) is 0.356. The molecule has 1 aromatic rings. The van der Waals surface area contributed by atoms with Crippen molar-refractivity contribution in [2.45, 2.75) is 19.3 Å². The molecule has 2 amide bonds. The number of carboxylic acids is 1. The minimum atomic E-state index is -0.783. The minimum absolute atomic E-state index is 0.00812. The van der Waals surface area contributed by atoms with Crippen LogP contribution in [0.3, 0.4) is 0 Å². The number of hydrogen-bond donors (Lipinski definition) is 3. The third-order valence-electron chi connectivity index (χ3n) is 3.68. The van der Waals surface area contributed by atoms with Crippen LogP contribution in [0.1, 0.15) is 19.3 Å². The molecule has 0 saturated heterocycles. The van der Waals surface area contributed by atoms with Crippen molar-refractivity contribution < 1.29 is 14.7 Å². The maximum absolute atomic E-state index is 11.9. The van der Waals surface area contributed by atoms with E-state index in [9.17, 15) is 9.59 Å². The zero-order chi connectivity index (χ0) is 15.4. The first-order chi connectivity index (χ1) is 9.97. The summed E-state index contributed by atoms with van der Waals surface area (Å²) in [6, 6.07) is 4.78. The molecule has 0 radical (unpaired) electrons. The monoisotopic (exact) mass is 374 g/mol. The van der Waals surface area contributed by atoms with E-state index >= 15 is 0 Å². The molecule has 1 fully saturated rings. The van der Waals surface area contributed by atoms with Crippen LogP contribution in [0.2, 0.25) is 5.02 Å². The average molecular weight is 376 g/mol. The number of hydrogen-bond acceptors (Lipinski definition) is 2. The summed E-state index contributed by atoms with van der Waals surface area (Å²) in [7, 11) is 0. The summed E-state index contributed by atoms with van der Waals surface area (Å²) < 4.78 is 0.809. The molecule has 2 unspecified atom stereocenters. The van der Waals surface area contributed by atoms with Crippen LogP contribution in [0.5, 0.6) is 0 Å². The number of benzene rings is 1. The summed E-state index contributed by atoms with van der Waals surface area (Å²) in [5.41, 5.74) is 0.504. The SMILES string of the molecule is O=C(NCC1CCCC1C(=O)O)Nc1cc(Br)ccc1Cl. The second-order valence-corrected chi connectivity index (χ2v) is 6.42. The van der Waals surface area contributed by atoms with Crippen LogP contribution >= 0.6 is 27.5 Å². The number of rotatable bonds is 4. The largest absolute Gasteiger partial charge is 0.481 e. The molecule has 5 nitrogen and oxygen atoms in total. The van der Waals surface area contributed by atoms with Gasteiger partial charge in [-0.25, -0.2) is 4.79 Å². The molecule has 7 heteroatoms. The molecule has 3 N–H and O–H groups in total. The van der Waals surface area contributed by atoms with Gasteiger partial charge in [-0.05, 0) is 37.0 Å². The Morgan fingerprint density at radius 2 is 2.14 bits per heavy atom. The zero-order valence-corrected chi connectivity index (χ0v) is 13.6. The molecular weight excluding hydrogens is 360 g/mol. The van der Waals surface area contributed by atoms with E-state index in [0.717, 1.165) is 17.3 Å². The molecule has 0 heterocycles. The molecule has 2 rings (SSSR count). The summed E-state index contributed by atoms with van der Waals surface area (Å²) >= 11 is 9.30. The highest BCUT2D eigenvalue weighted by Crippen LogP contribution is 2.31. The van der Waals surface area contributed by atoms with E-state index < -0.39 is 5.97 Å². The van der Waals surface area contributed by atoms with Crippen LogP contribution in [0.25, 0.3) is 0 Å². The number of nitrogens with one attached hydrogen (secondary N) is 2. The lowest BCUT2D eigenvalue weighted by Gasteiger charge is -2.17. The van der Waals surface area contributed by atoms with E-state index in [0.29, 0.717) is 23.7 Å². The Hall–Kier alpha value is -1.27. The predicted octanol–water partition coefficient (Wildman–Crippen LogP) is 3.72. The van der Waals surface area contributed by atoms with Crippen LogP contribution in [0.15, 0.2) is 22.7 Å². The third kappa shape index (κ3) is 4.35. The van der Waals surface area contributed by atoms with E-state index in [4.69, 9.17) is 16.7 Å². The Bertz CT molecular complexity index is 553. The van der Waals surface area contributed by atoms with E-state index in [1.165, 1.54) is 0 Å². The summed E-state index contributed by atoms with van der Waals surface area (Å²) in [4.78, 5) is 22.9. The number of halogens is 2. The zero-order valence-electron chi connectivity index (χ0n) is 11.2. The first kappa shape index (κ1) is 16.1. The molecule has 0 aromatic heterocycles. The first-order valence-electron chi connectivity index (χ1n) is 6.70. The highest BCUT2D eigenvalue weighted by Gasteiger charge is 2.32. The van der Waals surface area contributed by atoms with Gasteiger partial charge >= 0.3 is 12.0 Å². The van der Waals surface area contributed by atoms with Crippen molar-refractivity contribution in [2.75, 3.05) is 11.9 Å². The van der Waals surface area contributed by atoms with Gasteiger partial charge in [-0.1, -0.05) is 34.0 Å². The minimum Gasteiger partial charge on any atom is -0.481 e. The first-order valence-corrected chi connectivity index (χ1v) is 7.87. The fraction of sp³-hybridized carbons (Fsp3) is 0.429. The lowest BCUT2D eigenvalue weighted by molar-refractivity contribution is -0.142. The van der Waals surface area contributed by atoms with Crippen LogP contribution < -0.4 is 10.6 Å². The van der Waals surface area contributed by atoms with Crippen molar-refractivity contribution in [2.24, 2.45) is 11.8 Å². The van der Waals surface area contributed by atoms with Crippen LogP contribution in [0, 0.1) is 11.8 Å². The van der Waals surface area contributed by atoms with E-state index in [-0.39, 0.29) is 17.9 Å². The number of amides is 2. The molecule has 0 bridgehead atoms. The lowest BCUT2D eigenvalue weighted by atomic mass is 9.96. The molecule has 21 heavy (non-hydrogen) atoms. The fourth-order valence-electron chi connectivity index (χ4n) is 2.59. The highest BCUT2D eigenvalue weighted by molar-refractivity contribution is 9.10. The Kier molecular flexibility index (Phi) is 5.47. The van der Waals surface area contributed by atoms with Crippen molar-refractivity contribution >= 4 is 45.2 Å². The lowest BCUT2D eigenvalue weighted by Crippen LogP contribution is -2.35. The molecule has 0 spiro atoms.